The Bertz CT molecular complexity index is 1490. The molecule has 6 nitrogen and oxygen atoms in total. The van der Waals surface area contributed by atoms with Crippen LogP contribution in [0.25, 0.3) is 11.0 Å². The first-order valence-corrected chi connectivity index (χ1v) is 9.74. The second-order valence-corrected chi connectivity index (χ2v) is 7.85. The number of rotatable bonds is 1. The normalized spacial score (nSPS) is 14.9. The number of nitrogens with one attached hydrogen (secondary N) is 3. The van der Waals surface area contributed by atoms with Gasteiger partial charge in [0.15, 0.2) is 4.77 Å². The average molecular weight is 444 g/mol. The van der Waals surface area contributed by atoms with Crippen LogP contribution < -0.4 is 16.5 Å². The third-order valence-corrected chi connectivity index (χ3v) is 5.70. The number of hydrogen-bond donors (Lipinski definition) is 3. The highest BCUT2D eigenvalue weighted by molar-refractivity contribution is 7.71. The van der Waals surface area contributed by atoms with Gasteiger partial charge >= 0.3 is 5.63 Å². The van der Waals surface area contributed by atoms with E-state index in [1.807, 2.05) is 12.1 Å². The van der Waals surface area contributed by atoms with Crippen LogP contribution in [0.15, 0.2) is 56.5 Å². The molecule has 9 heteroatoms. The molecule has 3 N–H and O–H groups in total. The fraction of sp³-hybridized carbons (Fsp3) is 0.0500. The molecule has 4 aromatic rings. The summed E-state index contributed by atoms with van der Waals surface area (Å²) < 4.78 is 5.71. The zero-order valence-corrected chi connectivity index (χ0v) is 16.8. The van der Waals surface area contributed by atoms with E-state index in [-0.39, 0.29) is 15.9 Å². The maximum Gasteiger partial charge on any atom is 0.342 e. The first kappa shape index (κ1) is 18.2. The summed E-state index contributed by atoms with van der Waals surface area (Å²) in [6.45, 7) is 0. The van der Waals surface area contributed by atoms with Crippen molar-refractivity contribution >= 4 is 57.9 Å². The Hall–Kier alpha value is -2.87. The van der Waals surface area contributed by atoms with Gasteiger partial charge in [0.25, 0.3) is 5.56 Å². The molecule has 0 saturated heterocycles. The summed E-state index contributed by atoms with van der Waals surface area (Å²) >= 11 is 17.7. The van der Waals surface area contributed by atoms with Gasteiger partial charge < -0.3 is 14.7 Å². The second-order valence-electron chi connectivity index (χ2n) is 6.60. The van der Waals surface area contributed by atoms with E-state index in [4.69, 9.17) is 39.8 Å². The fourth-order valence-corrected chi connectivity index (χ4v) is 4.46. The van der Waals surface area contributed by atoms with Gasteiger partial charge in [-0.1, -0.05) is 41.4 Å². The molecule has 0 bridgehead atoms. The third-order valence-electron chi connectivity index (χ3n) is 4.93. The van der Waals surface area contributed by atoms with Crippen molar-refractivity contribution in [1.29, 1.82) is 0 Å². The Labute approximate surface area is 178 Å². The molecule has 144 valence electrons. The topological polar surface area (TPSA) is 90.9 Å². The Kier molecular flexibility index (Phi) is 4.13. The van der Waals surface area contributed by atoms with Crippen molar-refractivity contribution in [3.8, 4) is 0 Å². The van der Waals surface area contributed by atoms with Crippen LogP contribution in [0.1, 0.15) is 22.6 Å². The molecule has 1 aliphatic heterocycles. The number of fused-ring (bicyclic) bond motifs is 4. The Balaban J connectivity index is 1.95. The minimum atomic E-state index is -0.775. The van der Waals surface area contributed by atoms with Crippen molar-refractivity contribution in [1.82, 2.24) is 9.97 Å². The highest BCUT2D eigenvalue weighted by Crippen LogP contribution is 2.45. The lowest BCUT2D eigenvalue weighted by Gasteiger charge is -2.28. The van der Waals surface area contributed by atoms with Crippen LogP contribution in [0.4, 0.5) is 11.5 Å². The minimum Gasteiger partial charge on any atom is -0.422 e. The van der Waals surface area contributed by atoms with Crippen LogP contribution >= 0.6 is 35.4 Å². The van der Waals surface area contributed by atoms with Gasteiger partial charge in [-0.05, 0) is 42.0 Å². The first-order chi connectivity index (χ1) is 13.9. The van der Waals surface area contributed by atoms with Crippen molar-refractivity contribution in [2.45, 2.75) is 5.92 Å². The highest BCUT2D eigenvalue weighted by atomic mass is 35.5. The van der Waals surface area contributed by atoms with E-state index in [1.165, 1.54) is 0 Å². The van der Waals surface area contributed by atoms with E-state index in [0.717, 1.165) is 0 Å². The zero-order chi connectivity index (χ0) is 20.3. The third kappa shape index (κ3) is 2.81. The van der Waals surface area contributed by atoms with E-state index in [9.17, 15) is 9.59 Å². The molecule has 0 radical (unpaired) electrons. The molecule has 5 rings (SSSR count). The molecule has 1 atom stereocenters. The molecule has 0 amide bonds. The van der Waals surface area contributed by atoms with E-state index >= 15 is 0 Å². The zero-order valence-electron chi connectivity index (χ0n) is 14.5. The SMILES string of the molecule is O=c1[nH]c(=S)[nH]c2c1C(c1ccc(Cl)cc1Cl)c1c(c3ccccc3oc1=O)N2. The van der Waals surface area contributed by atoms with E-state index < -0.39 is 17.1 Å². The number of benzene rings is 2. The Morgan fingerprint density at radius 3 is 2.59 bits per heavy atom. The summed E-state index contributed by atoms with van der Waals surface area (Å²) in [7, 11) is 0. The summed E-state index contributed by atoms with van der Waals surface area (Å²) in [6, 6.07) is 12.1. The van der Waals surface area contributed by atoms with Gasteiger partial charge in [0.1, 0.15) is 11.4 Å². The van der Waals surface area contributed by atoms with Crippen molar-refractivity contribution in [2.75, 3.05) is 5.32 Å². The Morgan fingerprint density at radius 2 is 1.79 bits per heavy atom. The lowest BCUT2D eigenvalue weighted by Crippen LogP contribution is -2.29. The van der Waals surface area contributed by atoms with Gasteiger partial charge in [-0.3, -0.25) is 9.78 Å². The quantitative estimate of drug-likeness (QED) is 0.248. The number of hydrogen-bond acceptors (Lipinski definition) is 5. The molecule has 3 heterocycles. The summed E-state index contributed by atoms with van der Waals surface area (Å²) in [6.07, 6.45) is 0. The monoisotopic (exact) mass is 443 g/mol. The van der Waals surface area contributed by atoms with Crippen LogP contribution in [0.3, 0.4) is 0 Å². The van der Waals surface area contributed by atoms with Crippen LogP contribution in [-0.4, -0.2) is 9.97 Å². The largest absolute Gasteiger partial charge is 0.422 e. The maximum atomic E-state index is 13.0. The number of anilines is 2. The van der Waals surface area contributed by atoms with Crippen molar-refractivity contribution in [2.24, 2.45) is 0 Å². The first-order valence-electron chi connectivity index (χ1n) is 8.58. The lowest BCUT2D eigenvalue weighted by molar-refractivity contribution is 0.548. The predicted octanol–water partition coefficient (Wildman–Crippen LogP) is 5.08. The fourth-order valence-electron chi connectivity index (χ4n) is 3.75. The maximum absolute atomic E-state index is 13.0. The molecular weight excluding hydrogens is 433 g/mol. The smallest absolute Gasteiger partial charge is 0.342 e. The molecule has 2 aromatic heterocycles. The molecule has 0 aliphatic carbocycles. The molecule has 1 unspecified atom stereocenters. The van der Waals surface area contributed by atoms with Crippen molar-refractivity contribution in [3.63, 3.8) is 0 Å². The van der Waals surface area contributed by atoms with E-state index in [2.05, 4.69) is 15.3 Å². The van der Waals surface area contributed by atoms with Crippen LogP contribution in [0.2, 0.25) is 10.0 Å². The van der Waals surface area contributed by atoms with Gasteiger partial charge in [-0.25, -0.2) is 4.79 Å². The number of H-pyrrole nitrogens is 2. The average Bonchev–Trinajstić information content (AvgIpc) is 2.66. The van der Waals surface area contributed by atoms with E-state index in [0.29, 0.717) is 38.1 Å². The molecule has 1 aliphatic rings. The van der Waals surface area contributed by atoms with Crippen LogP contribution in [0.5, 0.6) is 0 Å². The number of aromatic nitrogens is 2. The van der Waals surface area contributed by atoms with Crippen molar-refractivity contribution in [3.05, 3.63) is 94.7 Å². The summed E-state index contributed by atoms with van der Waals surface area (Å²) in [5.41, 5.74) is 1.11. The molecular formula is C20H11Cl2N3O3S. The van der Waals surface area contributed by atoms with Gasteiger partial charge in [0.2, 0.25) is 0 Å². The molecule has 2 aromatic carbocycles. The molecule has 0 saturated carbocycles. The van der Waals surface area contributed by atoms with Gasteiger partial charge in [-0.2, -0.15) is 0 Å². The highest BCUT2D eigenvalue weighted by Gasteiger charge is 2.35. The van der Waals surface area contributed by atoms with Crippen LogP contribution in [0, 0.1) is 4.77 Å². The number of aromatic amines is 2. The molecule has 0 spiro atoms. The molecule has 0 fully saturated rings. The lowest BCUT2D eigenvalue weighted by atomic mass is 9.83. The van der Waals surface area contributed by atoms with E-state index in [1.54, 1.807) is 30.3 Å². The Morgan fingerprint density at radius 1 is 1.00 bits per heavy atom. The number of halogens is 2. The second kappa shape index (κ2) is 6.59. The number of para-hydroxylation sites is 1. The summed E-state index contributed by atoms with van der Waals surface area (Å²) in [5.74, 6) is -0.375. The van der Waals surface area contributed by atoms with Gasteiger partial charge in [-0.15, -0.1) is 0 Å². The summed E-state index contributed by atoms with van der Waals surface area (Å²) in [5, 5.41) is 4.64. The van der Waals surface area contributed by atoms with Gasteiger partial charge in [0, 0.05) is 15.4 Å². The predicted molar refractivity (Wildman–Crippen MR) is 115 cm³/mol. The van der Waals surface area contributed by atoms with Gasteiger partial charge in [0.05, 0.1) is 22.7 Å². The minimum absolute atomic E-state index is 0.165. The molecule has 29 heavy (non-hydrogen) atoms. The van der Waals surface area contributed by atoms with Crippen molar-refractivity contribution < 1.29 is 4.42 Å². The summed E-state index contributed by atoms with van der Waals surface area (Å²) in [4.78, 5) is 31.4. The van der Waals surface area contributed by atoms with Crippen LogP contribution in [-0.2, 0) is 0 Å². The standard InChI is InChI=1S/C20H11Cl2N3O3S/c21-8-5-6-9(11(22)7-8)13-14-16(10-3-1-2-4-12(10)28-19(14)27)23-17-15(13)18(26)25-20(29)24-17/h1-7,13H,(H3,23,24,25,26,29).